The third-order valence-corrected chi connectivity index (χ3v) is 4.28. The van der Waals surface area contributed by atoms with E-state index in [1.54, 1.807) is 0 Å². The lowest BCUT2D eigenvalue weighted by molar-refractivity contribution is 0.406. The maximum absolute atomic E-state index is 6.03. The second kappa shape index (κ2) is 4.71. The van der Waals surface area contributed by atoms with E-state index in [0.717, 1.165) is 6.42 Å². The fourth-order valence-electron chi connectivity index (χ4n) is 3.26. The van der Waals surface area contributed by atoms with Crippen molar-refractivity contribution in [1.29, 1.82) is 0 Å². The summed E-state index contributed by atoms with van der Waals surface area (Å²) in [5.41, 5.74) is 8.97. The smallest absolute Gasteiger partial charge is 0.148 e. The molecule has 1 aromatic heterocycles. The lowest BCUT2D eigenvalue weighted by atomic mass is 9.77. The molecule has 1 aromatic rings. The van der Waals surface area contributed by atoms with Crippen molar-refractivity contribution in [2.24, 2.45) is 5.92 Å². The van der Waals surface area contributed by atoms with Crippen molar-refractivity contribution in [2.45, 2.75) is 64.7 Å². The predicted octanol–water partition coefficient (Wildman–Crippen LogP) is 3.41. The molecule has 17 heavy (non-hydrogen) atoms. The number of aromatic nitrogens is 2. The molecular formula is C14H25N3. The third kappa shape index (κ3) is 2.20. The monoisotopic (exact) mass is 235 g/mol. The molecule has 96 valence electrons. The summed E-state index contributed by atoms with van der Waals surface area (Å²) in [5, 5.41) is 7.50. The second-order valence-electron chi connectivity index (χ2n) is 5.90. The van der Waals surface area contributed by atoms with Crippen molar-refractivity contribution in [1.82, 2.24) is 10.2 Å². The molecule has 1 aliphatic rings. The molecule has 1 heterocycles. The fourth-order valence-corrected chi connectivity index (χ4v) is 3.26. The number of anilines is 1. The summed E-state index contributed by atoms with van der Waals surface area (Å²) < 4.78 is 0. The van der Waals surface area contributed by atoms with Crippen LogP contribution in [0.15, 0.2) is 0 Å². The first-order chi connectivity index (χ1) is 8.09. The van der Waals surface area contributed by atoms with Crippen molar-refractivity contribution < 1.29 is 0 Å². The number of nitrogens with two attached hydrogens (primary N) is 1. The van der Waals surface area contributed by atoms with E-state index in [9.17, 15) is 0 Å². The van der Waals surface area contributed by atoms with Gasteiger partial charge in [-0.3, -0.25) is 5.10 Å². The van der Waals surface area contributed by atoms with Gasteiger partial charge in [-0.05, 0) is 31.6 Å². The molecule has 0 aliphatic heterocycles. The molecule has 0 aromatic carbocycles. The molecule has 3 nitrogen and oxygen atoms in total. The van der Waals surface area contributed by atoms with Gasteiger partial charge in [-0.2, -0.15) is 5.10 Å². The van der Waals surface area contributed by atoms with Crippen LogP contribution in [-0.2, 0) is 11.8 Å². The lowest BCUT2D eigenvalue weighted by Crippen LogP contribution is -2.23. The van der Waals surface area contributed by atoms with E-state index in [2.05, 4.69) is 31.0 Å². The Morgan fingerprint density at radius 2 is 2.00 bits per heavy atom. The van der Waals surface area contributed by atoms with Gasteiger partial charge in [-0.25, -0.2) is 0 Å². The predicted molar refractivity (Wildman–Crippen MR) is 72.0 cm³/mol. The van der Waals surface area contributed by atoms with Gasteiger partial charge >= 0.3 is 0 Å². The van der Waals surface area contributed by atoms with E-state index in [4.69, 9.17) is 5.73 Å². The molecule has 0 bridgehead atoms. The number of H-pyrrole nitrogens is 1. The molecule has 0 saturated heterocycles. The summed E-state index contributed by atoms with van der Waals surface area (Å²) in [6.45, 7) is 6.77. The zero-order valence-electron chi connectivity index (χ0n) is 11.3. The standard InChI is InChI=1S/C14H25N3/c1-4-14(7-5-6-8-14)12-11(9-10(2)3)13(15)17-16-12/h10H,4-9H2,1-3H3,(H3,15,16,17). The summed E-state index contributed by atoms with van der Waals surface area (Å²) in [7, 11) is 0. The minimum atomic E-state index is 0.328. The molecule has 1 fully saturated rings. The maximum atomic E-state index is 6.03. The van der Waals surface area contributed by atoms with Crippen molar-refractivity contribution in [2.75, 3.05) is 5.73 Å². The van der Waals surface area contributed by atoms with Crippen molar-refractivity contribution in [3.63, 3.8) is 0 Å². The lowest BCUT2D eigenvalue weighted by Gasteiger charge is -2.27. The molecule has 0 unspecified atom stereocenters. The molecule has 3 heteroatoms. The van der Waals surface area contributed by atoms with Gasteiger partial charge < -0.3 is 5.73 Å². The van der Waals surface area contributed by atoms with Gasteiger partial charge in [0.1, 0.15) is 5.82 Å². The van der Waals surface area contributed by atoms with Gasteiger partial charge in [0.25, 0.3) is 0 Å². The normalized spacial score (nSPS) is 19.1. The topological polar surface area (TPSA) is 54.7 Å². The molecule has 2 rings (SSSR count). The Balaban J connectivity index is 2.37. The highest BCUT2D eigenvalue weighted by atomic mass is 15.2. The van der Waals surface area contributed by atoms with Gasteiger partial charge in [0, 0.05) is 16.7 Å². The number of hydrogen-bond acceptors (Lipinski definition) is 2. The van der Waals surface area contributed by atoms with Gasteiger partial charge in [0.05, 0.1) is 0 Å². The summed E-state index contributed by atoms with van der Waals surface area (Å²) in [4.78, 5) is 0. The Morgan fingerprint density at radius 1 is 1.35 bits per heavy atom. The van der Waals surface area contributed by atoms with Crippen LogP contribution in [0, 0.1) is 5.92 Å². The molecular weight excluding hydrogens is 210 g/mol. The summed E-state index contributed by atoms with van der Waals surface area (Å²) in [6, 6.07) is 0. The number of nitrogens with zero attached hydrogens (tertiary/aromatic N) is 1. The number of nitrogens with one attached hydrogen (secondary N) is 1. The quantitative estimate of drug-likeness (QED) is 0.840. The van der Waals surface area contributed by atoms with E-state index in [-0.39, 0.29) is 0 Å². The largest absolute Gasteiger partial charge is 0.382 e. The maximum Gasteiger partial charge on any atom is 0.148 e. The van der Waals surface area contributed by atoms with Crippen LogP contribution in [0.5, 0.6) is 0 Å². The van der Waals surface area contributed by atoms with Crippen molar-refractivity contribution in [3.05, 3.63) is 11.3 Å². The van der Waals surface area contributed by atoms with Crippen LogP contribution < -0.4 is 5.73 Å². The van der Waals surface area contributed by atoms with Crippen LogP contribution >= 0.6 is 0 Å². The molecule has 0 spiro atoms. The number of hydrogen-bond donors (Lipinski definition) is 2. The zero-order chi connectivity index (χ0) is 12.5. The average Bonchev–Trinajstić information content (AvgIpc) is 2.88. The Kier molecular flexibility index (Phi) is 3.45. The molecule has 0 amide bonds. The number of nitrogen functional groups attached to an aromatic ring is 1. The Bertz CT molecular complexity index is 373. The minimum absolute atomic E-state index is 0.328. The fraction of sp³-hybridized carbons (Fsp3) is 0.786. The van der Waals surface area contributed by atoms with Crippen LogP contribution in [0.3, 0.4) is 0 Å². The van der Waals surface area contributed by atoms with Gasteiger partial charge in [-0.15, -0.1) is 0 Å². The summed E-state index contributed by atoms with van der Waals surface area (Å²) >= 11 is 0. The Morgan fingerprint density at radius 3 is 2.53 bits per heavy atom. The molecule has 1 aliphatic carbocycles. The van der Waals surface area contributed by atoms with E-state index >= 15 is 0 Å². The molecule has 0 radical (unpaired) electrons. The first-order valence-corrected chi connectivity index (χ1v) is 6.92. The van der Waals surface area contributed by atoms with Crippen LogP contribution in [0.2, 0.25) is 0 Å². The SMILES string of the molecule is CCC1(c2[nH]nc(N)c2CC(C)C)CCCC1. The van der Waals surface area contributed by atoms with Crippen molar-refractivity contribution in [3.8, 4) is 0 Å². The van der Waals surface area contributed by atoms with Crippen molar-refractivity contribution >= 4 is 5.82 Å². The van der Waals surface area contributed by atoms with Gasteiger partial charge in [-0.1, -0.05) is 33.6 Å². The Hall–Kier alpha value is -0.990. The molecule has 1 saturated carbocycles. The van der Waals surface area contributed by atoms with E-state index in [0.29, 0.717) is 17.2 Å². The van der Waals surface area contributed by atoms with Crippen LogP contribution in [0.4, 0.5) is 5.82 Å². The minimum Gasteiger partial charge on any atom is -0.382 e. The highest BCUT2D eigenvalue weighted by Gasteiger charge is 2.37. The number of rotatable bonds is 4. The summed E-state index contributed by atoms with van der Waals surface area (Å²) in [5.74, 6) is 1.34. The van der Waals surface area contributed by atoms with E-state index in [1.807, 2.05) is 0 Å². The van der Waals surface area contributed by atoms with Gasteiger partial charge in [0.15, 0.2) is 0 Å². The average molecular weight is 235 g/mol. The van der Waals surface area contributed by atoms with E-state index < -0.39 is 0 Å². The molecule has 0 atom stereocenters. The molecule has 3 N–H and O–H groups in total. The van der Waals surface area contributed by atoms with Crippen LogP contribution in [0.1, 0.15) is 64.1 Å². The van der Waals surface area contributed by atoms with Crippen LogP contribution in [-0.4, -0.2) is 10.2 Å². The van der Waals surface area contributed by atoms with E-state index in [1.165, 1.54) is 43.4 Å². The first-order valence-electron chi connectivity index (χ1n) is 6.92. The first kappa shape index (κ1) is 12.5. The highest BCUT2D eigenvalue weighted by molar-refractivity contribution is 5.45. The van der Waals surface area contributed by atoms with Gasteiger partial charge in [0.2, 0.25) is 0 Å². The zero-order valence-corrected chi connectivity index (χ0v) is 11.3. The summed E-state index contributed by atoms with van der Waals surface area (Å²) in [6.07, 6.45) is 7.49. The number of aromatic amines is 1. The Labute approximate surface area is 104 Å². The second-order valence-corrected chi connectivity index (χ2v) is 5.90. The van der Waals surface area contributed by atoms with Crippen LogP contribution in [0.25, 0.3) is 0 Å². The highest BCUT2D eigenvalue weighted by Crippen LogP contribution is 2.45. The third-order valence-electron chi connectivity index (χ3n) is 4.28.